The van der Waals surface area contributed by atoms with Crippen molar-refractivity contribution in [3.8, 4) is 0 Å². The van der Waals surface area contributed by atoms with Crippen LogP contribution in [0.4, 0.5) is 0 Å². The second-order valence-electron chi connectivity index (χ2n) is 5.66. The van der Waals surface area contributed by atoms with Crippen LogP contribution in [-0.4, -0.2) is 24.4 Å². The summed E-state index contributed by atoms with van der Waals surface area (Å²) in [6, 6.07) is 0. The molecule has 18 heavy (non-hydrogen) atoms. The summed E-state index contributed by atoms with van der Waals surface area (Å²) < 4.78 is 4.75. The molecule has 2 N–H and O–H groups in total. The lowest BCUT2D eigenvalue weighted by molar-refractivity contribution is -0.151. The van der Waals surface area contributed by atoms with Gasteiger partial charge in [0.1, 0.15) is 11.3 Å². The number of Topliss-reactive ketones (excluding diaryl/α,β-unsaturated/α-hetero) is 1. The first-order valence-electron chi connectivity index (χ1n) is 6.81. The highest BCUT2D eigenvalue weighted by Crippen LogP contribution is 2.29. The summed E-state index contributed by atoms with van der Waals surface area (Å²) in [5, 5.41) is 0. The number of esters is 1. The lowest BCUT2D eigenvalue weighted by Gasteiger charge is -2.32. The van der Waals surface area contributed by atoms with E-state index < -0.39 is 11.5 Å². The standard InChI is InChI=1S/C14H25NO3/c1-10(2)14(15,13(17)18-3)9-12(16)11-7-5-4-6-8-11/h10-11H,4-9,15H2,1-3H3/t14-/m0/s1. The van der Waals surface area contributed by atoms with Crippen molar-refractivity contribution in [2.75, 3.05) is 7.11 Å². The number of hydrogen-bond donors (Lipinski definition) is 1. The normalized spacial score (nSPS) is 20.5. The van der Waals surface area contributed by atoms with Crippen LogP contribution in [0.1, 0.15) is 52.4 Å². The quantitative estimate of drug-likeness (QED) is 0.763. The summed E-state index contributed by atoms with van der Waals surface area (Å²) in [4.78, 5) is 24.0. The highest BCUT2D eigenvalue weighted by molar-refractivity contribution is 5.91. The molecule has 0 radical (unpaired) electrons. The zero-order chi connectivity index (χ0) is 13.8. The molecule has 1 fully saturated rings. The average Bonchev–Trinajstić information content (AvgIpc) is 2.38. The van der Waals surface area contributed by atoms with E-state index in [4.69, 9.17) is 10.5 Å². The molecule has 0 spiro atoms. The van der Waals surface area contributed by atoms with Crippen molar-refractivity contribution in [3.05, 3.63) is 0 Å². The third-order valence-corrected chi connectivity index (χ3v) is 4.12. The second kappa shape index (κ2) is 6.32. The first kappa shape index (κ1) is 15.2. The molecule has 1 atom stereocenters. The van der Waals surface area contributed by atoms with Crippen molar-refractivity contribution in [3.63, 3.8) is 0 Å². The van der Waals surface area contributed by atoms with Crippen LogP contribution in [0, 0.1) is 11.8 Å². The summed E-state index contributed by atoms with van der Waals surface area (Å²) in [7, 11) is 1.32. The van der Waals surface area contributed by atoms with Gasteiger partial charge in [0.2, 0.25) is 0 Å². The van der Waals surface area contributed by atoms with E-state index in [2.05, 4.69) is 0 Å². The van der Waals surface area contributed by atoms with E-state index in [-0.39, 0.29) is 24.0 Å². The Kier molecular flexibility index (Phi) is 5.32. The molecule has 0 bridgehead atoms. The van der Waals surface area contributed by atoms with Gasteiger partial charge in [0, 0.05) is 12.3 Å². The lowest BCUT2D eigenvalue weighted by Crippen LogP contribution is -2.55. The lowest BCUT2D eigenvalue weighted by atomic mass is 9.77. The van der Waals surface area contributed by atoms with Gasteiger partial charge in [-0.1, -0.05) is 33.1 Å². The molecule has 0 aliphatic heterocycles. The Morgan fingerprint density at radius 2 is 1.83 bits per heavy atom. The van der Waals surface area contributed by atoms with Crippen molar-refractivity contribution in [1.29, 1.82) is 0 Å². The van der Waals surface area contributed by atoms with Gasteiger partial charge in [0.25, 0.3) is 0 Å². The SMILES string of the molecule is COC(=O)[C@](N)(CC(=O)C1CCCCC1)C(C)C. The highest BCUT2D eigenvalue weighted by Gasteiger charge is 2.41. The minimum atomic E-state index is -1.18. The molecule has 104 valence electrons. The predicted octanol–water partition coefficient (Wildman–Crippen LogP) is 2.05. The van der Waals surface area contributed by atoms with Crippen LogP contribution in [0.3, 0.4) is 0 Å². The molecular formula is C14H25NO3. The first-order valence-corrected chi connectivity index (χ1v) is 6.81. The van der Waals surface area contributed by atoms with Gasteiger partial charge in [-0.2, -0.15) is 0 Å². The average molecular weight is 255 g/mol. The molecule has 0 aromatic carbocycles. The van der Waals surface area contributed by atoms with E-state index >= 15 is 0 Å². The number of ketones is 1. The maximum Gasteiger partial charge on any atom is 0.326 e. The Hall–Kier alpha value is -0.900. The molecule has 0 heterocycles. The van der Waals surface area contributed by atoms with Gasteiger partial charge in [-0.15, -0.1) is 0 Å². The Morgan fingerprint density at radius 1 is 1.28 bits per heavy atom. The number of rotatable bonds is 5. The summed E-state index contributed by atoms with van der Waals surface area (Å²) >= 11 is 0. The van der Waals surface area contributed by atoms with Gasteiger partial charge in [0.15, 0.2) is 0 Å². The summed E-state index contributed by atoms with van der Waals surface area (Å²) in [6.07, 6.45) is 5.39. The monoisotopic (exact) mass is 255 g/mol. The second-order valence-corrected chi connectivity index (χ2v) is 5.66. The largest absolute Gasteiger partial charge is 0.468 e. The molecule has 1 aliphatic rings. The highest BCUT2D eigenvalue weighted by atomic mass is 16.5. The number of carbonyl (C=O) groups is 2. The third-order valence-electron chi connectivity index (χ3n) is 4.12. The van der Waals surface area contributed by atoms with Crippen LogP contribution < -0.4 is 5.73 Å². The molecule has 0 amide bonds. The molecule has 1 saturated carbocycles. The van der Waals surface area contributed by atoms with E-state index in [9.17, 15) is 9.59 Å². The van der Waals surface area contributed by atoms with Crippen LogP contribution in [0.15, 0.2) is 0 Å². The Morgan fingerprint density at radius 3 is 2.28 bits per heavy atom. The van der Waals surface area contributed by atoms with Crippen molar-refractivity contribution in [2.45, 2.75) is 57.9 Å². The zero-order valence-electron chi connectivity index (χ0n) is 11.7. The molecule has 0 aromatic heterocycles. The van der Waals surface area contributed by atoms with Crippen LogP contribution in [0.25, 0.3) is 0 Å². The molecule has 1 rings (SSSR count). The maximum atomic E-state index is 12.3. The van der Waals surface area contributed by atoms with Crippen LogP contribution in [-0.2, 0) is 14.3 Å². The first-order chi connectivity index (χ1) is 8.41. The van der Waals surface area contributed by atoms with Gasteiger partial charge in [-0.05, 0) is 18.8 Å². The van der Waals surface area contributed by atoms with Crippen LogP contribution in [0.2, 0.25) is 0 Å². The fourth-order valence-electron chi connectivity index (χ4n) is 2.56. The molecule has 0 aromatic rings. The van der Waals surface area contributed by atoms with Gasteiger partial charge in [-0.3, -0.25) is 9.59 Å². The fourth-order valence-corrected chi connectivity index (χ4v) is 2.56. The Labute approximate surface area is 109 Å². The summed E-state index contributed by atoms with van der Waals surface area (Å²) in [6.45, 7) is 3.70. The molecule has 4 nitrogen and oxygen atoms in total. The molecule has 1 aliphatic carbocycles. The van der Waals surface area contributed by atoms with Crippen molar-refractivity contribution in [2.24, 2.45) is 17.6 Å². The summed E-state index contributed by atoms with van der Waals surface area (Å²) in [5.74, 6) is -0.388. The number of hydrogen-bond acceptors (Lipinski definition) is 4. The van der Waals surface area contributed by atoms with E-state index in [0.29, 0.717) is 0 Å². The van der Waals surface area contributed by atoms with Crippen LogP contribution >= 0.6 is 0 Å². The number of nitrogens with two attached hydrogens (primary N) is 1. The number of carbonyl (C=O) groups excluding carboxylic acids is 2. The van der Waals surface area contributed by atoms with Crippen LogP contribution in [0.5, 0.6) is 0 Å². The van der Waals surface area contributed by atoms with Gasteiger partial charge in [-0.25, -0.2) is 0 Å². The van der Waals surface area contributed by atoms with Gasteiger partial charge in [0.05, 0.1) is 7.11 Å². The van der Waals surface area contributed by atoms with Gasteiger partial charge >= 0.3 is 5.97 Å². The third kappa shape index (κ3) is 3.31. The van der Waals surface area contributed by atoms with E-state index in [1.165, 1.54) is 13.5 Å². The minimum absolute atomic E-state index is 0.0880. The topological polar surface area (TPSA) is 69.4 Å². The van der Waals surface area contributed by atoms with E-state index in [0.717, 1.165) is 25.7 Å². The molecule has 0 unspecified atom stereocenters. The summed E-state index contributed by atoms with van der Waals surface area (Å²) in [5.41, 5.74) is 4.93. The zero-order valence-corrected chi connectivity index (χ0v) is 11.7. The Balaban J connectivity index is 2.71. The van der Waals surface area contributed by atoms with Gasteiger partial charge < -0.3 is 10.5 Å². The Bertz CT molecular complexity index is 308. The van der Waals surface area contributed by atoms with Crippen molar-refractivity contribution < 1.29 is 14.3 Å². The number of methoxy groups -OCH3 is 1. The fraction of sp³-hybridized carbons (Fsp3) is 0.857. The van der Waals surface area contributed by atoms with E-state index in [1.807, 2.05) is 13.8 Å². The predicted molar refractivity (Wildman–Crippen MR) is 70.0 cm³/mol. The maximum absolute atomic E-state index is 12.3. The van der Waals surface area contributed by atoms with Crippen molar-refractivity contribution in [1.82, 2.24) is 0 Å². The van der Waals surface area contributed by atoms with E-state index in [1.54, 1.807) is 0 Å². The van der Waals surface area contributed by atoms with Crippen molar-refractivity contribution >= 4 is 11.8 Å². The molecule has 0 saturated heterocycles. The molecular weight excluding hydrogens is 230 g/mol. The minimum Gasteiger partial charge on any atom is -0.468 e. The molecule has 4 heteroatoms. The smallest absolute Gasteiger partial charge is 0.326 e. The number of ether oxygens (including phenoxy) is 1.